The molecular weight excluding hydrogens is 250 g/mol. The molecule has 0 saturated carbocycles. The van der Waals surface area contributed by atoms with Crippen molar-refractivity contribution in [2.45, 2.75) is 33.2 Å². The fourth-order valence-electron chi connectivity index (χ4n) is 1.64. The maximum atomic E-state index is 12.1. The van der Waals surface area contributed by atoms with Crippen molar-refractivity contribution in [1.82, 2.24) is 4.90 Å². The van der Waals surface area contributed by atoms with E-state index in [4.69, 9.17) is 5.11 Å². The summed E-state index contributed by atoms with van der Waals surface area (Å²) in [5.74, 6) is -1.43. The van der Waals surface area contributed by atoms with E-state index in [0.29, 0.717) is 6.42 Å². The Morgan fingerprint density at radius 1 is 1.39 bits per heavy atom. The van der Waals surface area contributed by atoms with Crippen molar-refractivity contribution in [2.75, 3.05) is 6.54 Å². The molecule has 1 heterocycles. The van der Waals surface area contributed by atoms with Gasteiger partial charge in [0.2, 0.25) is 5.91 Å². The van der Waals surface area contributed by atoms with E-state index in [-0.39, 0.29) is 18.5 Å². The zero-order valence-corrected chi connectivity index (χ0v) is 11.7. The number of nitrogens with zero attached hydrogens (tertiary/aromatic N) is 1. The van der Waals surface area contributed by atoms with Gasteiger partial charge in [0.25, 0.3) is 0 Å². The van der Waals surface area contributed by atoms with Gasteiger partial charge in [-0.2, -0.15) is 0 Å². The van der Waals surface area contributed by atoms with E-state index >= 15 is 0 Å². The first-order chi connectivity index (χ1) is 8.41. The Morgan fingerprint density at radius 3 is 2.50 bits per heavy atom. The summed E-state index contributed by atoms with van der Waals surface area (Å²) >= 11 is 1.54. The smallest absolute Gasteiger partial charge is 0.308 e. The largest absolute Gasteiger partial charge is 0.481 e. The van der Waals surface area contributed by atoms with Crippen molar-refractivity contribution in [1.29, 1.82) is 0 Å². The van der Waals surface area contributed by atoms with Crippen molar-refractivity contribution in [3.63, 3.8) is 0 Å². The van der Waals surface area contributed by atoms with Crippen LogP contribution in [-0.4, -0.2) is 34.5 Å². The van der Waals surface area contributed by atoms with Gasteiger partial charge in [-0.25, -0.2) is 0 Å². The van der Waals surface area contributed by atoms with Gasteiger partial charge in [0.1, 0.15) is 0 Å². The minimum atomic E-state index is -0.871. The molecular formula is C13H19NO3S. The van der Waals surface area contributed by atoms with E-state index < -0.39 is 11.9 Å². The van der Waals surface area contributed by atoms with Gasteiger partial charge in [-0.3, -0.25) is 9.59 Å². The van der Waals surface area contributed by atoms with Gasteiger partial charge >= 0.3 is 5.97 Å². The standard InChI is InChI=1S/C13H19NO3S/c1-9(2)14(8-10(3)13(16)17)12(15)7-11-5-4-6-18-11/h4-6,9-10H,7-8H2,1-3H3,(H,16,17). The molecule has 1 amide bonds. The number of carbonyl (C=O) groups is 2. The molecule has 0 fully saturated rings. The van der Waals surface area contributed by atoms with Crippen molar-refractivity contribution in [3.05, 3.63) is 22.4 Å². The minimum Gasteiger partial charge on any atom is -0.481 e. The fraction of sp³-hybridized carbons (Fsp3) is 0.538. The van der Waals surface area contributed by atoms with Gasteiger partial charge in [0.15, 0.2) is 0 Å². The summed E-state index contributed by atoms with van der Waals surface area (Å²) in [5.41, 5.74) is 0. The normalized spacial score (nSPS) is 12.4. The van der Waals surface area contributed by atoms with Crippen molar-refractivity contribution in [2.24, 2.45) is 5.92 Å². The molecule has 0 saturated heterocycles. The van der Waals surface area contributed by atoms with Gasteiger partial charge in [0, 0.05) is 17.5 Å². The average Bonchev–Trinajstić information content (AvgIpc) is 2.77. The van der Waals surface area contributed by atoms with E-state index in [1.807, 2.05) is 31.4 Å². The minimum absolute atomic E-state index is 0.0132. The molecule has 4 nitrogen and oxygen atoms in total. The van der Waals surface area contributed by atoms with Crippen LogP contribution in [0.25, 0.3) is 0 Å². The summed E-state index contributed by atoms with van der Waals surface area (Å²) in [5, 5.41) is 10.8. The highest BCUT2D eigenvalue weighted by atomic mass is 32.1. The molecule has 1 atom stereocenters. The third-order valence-electron chi connectivity index (χ3n) is 2.74. The summed E-state index contributed by atoms with van der Waals surface area (Å²) in [4.78, 5) is 25.7. The lowest BCUT2D eigenvalue weighted by Gasteiger charge is -2.28. The van der Waals surface area contributed by atoms with Crippen LogP contribution in [-0.2, 0) is 16.0 Å². The third kappa shape index (κ3) is 4.14. The first-order valence-corrected chi connectivity index (χ1v) is 6.84. The second-order valence-corrected chi connectivity index (χ2v) is 5.67. The zero-order chi connectivity index (χ0) is 13.7. The second kappa shape index (κ2) is 6.54. The third-order valence-corrected chi connectivity index (χ3v) is 3.62. The van der Waals surface area contributed by atoms with Gasteiger partial charge in [0.05, 0.1) is 12.3 Å². The van der Waals surface area contributed by atoms with Crippen LogP contribution in [0.1, 0.15) is 25.6 Å². The first kappa shape index (κ1) is 14.7. The van der Waals surface area contributed by atoms with Crippen LogP contribution in [0.2, 0.25) is 0 Å². The van der Waals surface area contributed by atoms with Gasteiger partial charge in [-0.05, 0) is 25.3 Å². The predicted molar refractivity (Wildman–Crippen MR) is 71.7 cm³/mol. The Morgan fingerprint density at radius 2 is 2.06 bits per heavy atom. The lowest BCUT2D eigenvalue weighted by Crippen LogP contribution is -2.42. The summed E-state index contributed by atoms with van der Waals surface area (Å²) in [6.07, 6.45) is 0.349. The van der Waals surface area contributed by atoms with Crippen LogP contribution in [0.5, 0.6) is 0 Å². The highest BCUT2D eigenvalue weighted by molar-refractivity contribution is 7.10. The topological polar surface area (TPSA) is 57.6 Å². The van der Waals surface area contributed by atoms with Gasteiger partial charge in [-0.1, -0.05) is 13.0 Å². The Hall–Kier alpha value is -1.36. The number of amides is 1. The average molecular weight is 269 g/mol. The number of aliphatic carboxylic acids is 1. The van der Waals surface area contributed by atoms with Crippen LogP contribution in [0.3, 0.4) is 0 Å². The van der Waals surface area contributed by atoms with Crippen LogP contribution in [0, 0.1) is 5.92 Å². The highest BCUT2D eigenvalue weighted by Crippen LogP contribution is 2.13. The number of carboxylic acids is 1. The van der Waals surface area contributed by atoms with E-state index in [1.165, 1.54) is 0 Å². The lowest BCUT2D eigenvalue weighted by atomic mass is 10.1. The molecule has 0 bridgehead atoms. The summed E-state index contributed by atoms with van der Waals surface area (Å²) in [6, 6.07) is 3.84. The Bertz CT molecular complexity index is 400. The second-order valence-electron chi connectivity index (χ2n) is 4.64. The first-order valence-electron chi connectivity index (χ1n) is 5.96. The molecule has 0 aliphatic heterocycles. The summed E-state index contributed by atoms with van der Waals surface area (Å²) < 4.78 is 0. The Kier molecular flexibility index (Phi) is 5.34. The molecule has 0 aliphatic rings. The molecule has 1 rings (SSSR count). The number of hydrogen-bond acceptors (Lipinski definition) is 3. The Labute approximate surface area is 111 Å². The van der Waals surface area contributed by atoms with Crippen LogP contribution >= 0.6 is 11.3 Å². The van der Waals surface area contributed by atoms with E-state index in [1.54, 1.807) is 23.2 Å². The Balaban J connectivity index is 2.66. The van der Waals surface area contributed by atoms with Crippen LogP contribution in [0.4, 0.5) is 0 Å². The van der Waals surface area contributed by atoms with E-state index in [2.05, 4.69) is 0 Å². The number of hydrogen-bond donors (Lipinski definition) is 1. The summed E-state index contributed by atoms with van der Waals surface area (Å²) in [7, 11) is 0. The molecule has 1 aromatic rings. The molecule has 0 aromatic carbocycles. The maximum Gasteiger partial charge on any atom is 0.308 e. The molecule has 1 N–H and O–H groups in total. The summed E-state index contributed by atoms with van der Waals surface area (Å²) in [6.45, 7) is 5.69. The number of carboxylic acid groups (broad SMARTS) is 1. The van der Waals surface area contributed by atoms with Crippen molar-refractivity contribution in [3.8, 4) is 0 Å². The lowest BCUT2D eigenvalue weighted by molar-refractivity contribution is -0.143. The van der Waals surface area contributed by atoms with Crippen molar-refractivity contribution < 1.29 is 14.7 Å². The van der Waals surface area contributed by atoms with E-state index in [0.717, 1.165) is 4.88 Å². The molecule has 1 aromatic heterocycles. The van der Waals surface area contributed by atoms with Crippen LogP contribution < -0.4 is 0 Å². The van der Waals surface area contributed by atoms with Gasteiger partial charge in [-0.15, -0.1) is 11.3 Å². The highest BCUT2D eigenvalue weighted by Gasteiger charge is 2.22. The molecule has 18 heavy (non-hydrogen) atoms. The van der Waals surface area contributed by atoms with Gasteiger partial charge < -0.3 is 10.0 Å². The predicted octanol–water partition coefficient (Wildman–Crippen LogP) is 2.25. The molecule has 0 aliphatic carbocycles. The maximum absolute atomic E-state index is 12.1. The molecule has 1 unspecified atom stereocenters. The quantitative estimate of drug-likeness (QED) is 0.861. The molecule has 100 valence electrons. The monoisotopic (exact) mass is 269 g/mol. The molecule has 0 spiro atoms. The van der Waals surface area contributed by atoms with Crippen LogP contribution in [0.15, 0.2) is 17.5 Å². The number of rotatable bonds is 6. The number of thiophene rings is 1. The number of carbonyl (C=O) groups excluding carboxylic acids is 1. The molecule has 0 radical (unpaired) electrons. The SMILES string of the molecule is CC(CN(C(=O)Cc1cccs1)C(C)C)C(=O)O. The molecule has 5 heteroatoms. The van der Waals surface area contributed by atoms with E-state index in [9.17, 15) is 9.59 Å². The van der Waals surface area contributed by atoms with Crippen molar-refractivity contribution >= 4 is 23.2 Å². The zero-order valence-electron chi connectivity index (χ0n) is 10.9. The fourth-order valence-corrected chi connectivity index (χ4v) is 2.33.